The molecule has 0 spiro atoms. The van der Waals surface area contributed by atoms with E-state index >= 15 is 0 Å². The molecule has 1 fully saturated rings. The van der Waals surface area contributed by atoms with Crippen LogP contribution in [0, 0.1) is 0 Å². The number of nitrogens with one attached hydrogen (secondary N) is 1. The minimum absolute atomic E-state index is 0.148. The molecule has 5 heteroatoms. The van der Waals surface area contributed by atoms with E-state index in [0.717, 1.165) is 49.8 Å². The maximum atomic E-state index is 5.35. The molecule has 1 aromatic heterocycles. The van der Waals surface area contributed by atoms with Crippen molar-refractivity contribution in [2.45, 2.75) is 19.5 Å². The van der Waals surface area contributed by atoms with Gasteiger partial charge < -0.3 is 14.6 Å². The van der Waals surface area contributed by atoms with Crippen molar-refractivity contribution in [3.05, 3.63) is 59.9 Å². The van der Waals surface area contributed by atoms with Gasteiger partial charge in [0.25, 0.3) is 0 Å². The van der Waals surface area contributed by atoms with Crippen molar-refractivity contribution in [1.82, 2.24) is 19.8 Å². The van der Waals surface area contributed by atoms with Crippen molar-refractivity contribution in [2.75, 3.05) is 33.3 Å². The highest BCUT2D eigenvalue weighted by Gasteiger charge is 2.28. The molecule has 2 aromatic carbocycles. The smallest absolute Gasteiger partial charge is 0.131 e. The molecule has 0 saturated carbocycles. The van der Waals surface area contributed by atoms with Gasteiger partial charge in [-0.3, -0.25) is 4.90 Å². The Hall–Kier alpha value is -2.37. The maximum Gasteiger partial charge on any atom is 0.131 e. The lowest BCUT2D eigenvalue weighted by Gasteiger charge is -2.35. The molecule has 0 aliphatic carbocycles. The molecule has 1 N–H and O–H groups in total. The van der Waals surface area contributed by atoms with Crippen LogP contribution in [0.15, 0.2) is 48.5 Å². The lowest BCUT2D eigenvalue weighted by molar-refractivity contribution is 0.189. The second kappa shape index (κ2) is 7.48. The molecule has 1 unspecified atom stereocenters. The Morgan fingerprint density at radius 3 is 2.50 bits per heavy atom. The Labute approximate surface area is 154 Å². The van der Waals surface area contributed by atoms with Crippen LogP contribution in [0.25, 0.3) is 11.0 Å². The van der Waals surface area contributed by atoms with E-state index in [0.29, 0.717) is 0 Å². The Kier molecular flexibility index (Phi) is 4.91. The van der Waals surface area contributed by atoms with Crippen molar-refractivity contribution >= 4 is 11.0 Å². The zero-order chi connectivity index (χ0) is 17.9. The van der Waals surface area contributed by atoms with Gasteiger partial charge in [-0.05, 0) is 36.8 Å². The first kappa shape index (κ1) is 17.1. The second-order valence-electron chi connectivity index (χ2n) is 6.66. The summed E-state index contributed by atoms with van der Waals surface area (Å²) >= 11 is 0. The normalized spacial score (nSPS) is 16.7. The molecule has 26 heavy (non-hydrogen) atoms. The van der Waals surface area contributed by atoms with Gasteiger partial charge in [0.1, 0.15) is 11.6 Å². The van der Waals surface area contributed by atoms with Gasteiger partial charge in [0.05, 0.1) is 24.2 Å². The Morgan fingerprint density at radius 1 is 1.08 bits per heavy atom. The average Bonchev–Trinajstić information content (AvgIpc) is 3.07. The number of benzene rings is 2. The van der Waals surface area contributed by atoms with E-state index in [1.807, 2.05) is 12.1 Å². The fraction of sp³-hybridized carbons (Fsp3) is 0.381. The minimum atomic E-state index is 0.148. The van der Waals surface area contributed by atoms with Crippen LogP contribution in [0.5, 0.6) is 5.75 Å². The van der Waals surface area contributed by atoms with Crippen LogP contribution in [0.4, 0.5) is 0 Å². The van der Waals surface area contributed by atoms with Crippen molar-refractivity contribution < 1.29 is 4.74 Å². The third-order valence-corrected chi connectivity index (χ3v) is 5.19. The fourth-order valence-electron chi connectivity index (χ4n) is 3.88. The zero-order valence-corrected chi connectivity index (χ0v) is 15.5. The molecule has 1 atom stereocenters. The third kappa shape index (κ3) is 3.08. The van der Waals surface area contributed by atoms with Crippen molar-refractivity contribution in [2.24, 2.45) is 0 Å². The summed E-state index contributed by atoms with van der Waals surface area (Å²) in [7, 11) is 1.71. The molecule has 0 radical (unpaired) electrons. The molecule has 0 amide bonds. The summed E-state index contributed by atoms with van der Waals surface area (Å²) in [5.74, 6) is 2.01. The van der Waals surface area contributed by atoms with Crippen LogP contribution >= 0.6 is 0 Å². The number of fused-ring (bicyclic) bond motifs is 1. The fourth-order valence-corrected chi connectivity index (χ4v) is 3.88. The van der Waals surface area contributed by atoms with Gasteiger partial charge in [-0.25, -0.2) is 4.98 Å². The van der Waals surface area contributed by atoms with Gasteiger partial charge in [-0.15, -0.1) is 0 Å². The van der Waals surface area contributed by atoms with Gasteiger partial charge in [0.15, 0.2) is 0 Å². The number of rotatable bonds is 5. The molecule has 0 bridgehead atoms. The molecular formula is C21H26N4O. The third-order valence-electron chi connectivity index (χ3n) is 5.19. The van der Waals surface area contributed by atoms with Crippen molar-refractivity contribution in [1.29, 1.82) is 0 Å². The standard InChI is InChI=1S/C21H26N4O/c1-3-25-19-7-5-4-6-18(19)23-21(25)20(24-14-12-22-13-15-24)16-8-10-17(26-2)11-9-16/h4-11,20,22H,3,12-15H2,1-2H3. The Balaban J connectivity index is 1.84. The van der Waals surface area contributed by atoms with Crippen LogP contribution in [-0.4, -0.2) is 47.7 Å². The lowest BCUT2D eigenvalue weighted by atomic mass is 10.0. The molecule has 136 valence electrons. The Morgan fingerprint density at radius 2 is 1.81 bits per heavy atom. The second-order valence-corrected chi connectivity index (χ2v) is 6.66. The largest absolute Gasteiger partial charge is 0.497 e. The number of para-hydroxylation sites is 2. The Bertz CT molecular complexity index is 865. The monoisotopic (exact) mass is 350 g/mol. The summed E-state index contributed by atoms with van der Waals surface area (Å²) in [6.07, 6.45) is 0. The molecule has 1 saturated heterocycles. The summed E-state index contributed by atoms with van der Waals surface area (Å²) in [5, 5.41) is 3.46. The highest BCUT2D eigenvalue weighted by Crippen LogP contribution is 2.32. The van der Waals surface area contributed by atoms with E-state index in [9.17, 15) is 0 Å². The van der Waals surface area contributed by atoms with Crippen molar-refractivity contribution in [3.63, 3.8) is 0 Å². The first-order chi connectivity index (χ1) is 12.8. The molecule has 2 heterocycles. The molecular weight excluding hydrogens is 324 g/mol. The van der Waals surface area contributed by atoms with Crippen molar-refractivity contribution in [3.8, 4) is 5.75 Å². The SMILES string of the molecule is CCn1c(C(c2ccc(OC)cc2)N2CCNCC2)nc2ccccc21. The van der Waals surface area contributed by atoms with Gasteiger partial charge in [0, 0.05) is 32.7 Å². The molecule has 5 nitrogen and oxygen atoms in total. The minimum Gasteiger partial charge on any atom is -0.497 e. The molecule has 1 aliphatic heterocycles. The highest BCUT2D eigenvalue weighted by atomic mass is 16.5. The lowest BCUT2D eigenvalue weighted by Crippen LogP contribution is -2.46. The number of ether oxygens (including phenoxy) is 1. The number of aryl methyl sites for hydroxylation is 1. The number of hydrogen-bond donors (Lipinski definition) is 1. The van der Waals surface area contributed by atoms with Crippen LogP contribution in [0.1, 0.15) is 24.4 Å². The predicted molar refractivity (Wildman–Crippen MR) is 105 cm³/mol. The van der Waals surface area contributed by atoms with Crippen LogP contribution < -0.4 is 10.1 Å². The van der Waals surface area contributed by atoms with Crippen LogP contribution in [0.3, 0.4) is 0 Å². The topological polar surface area (TPSA) is 42.3 Å². The number of nitrogens with zero attached hydrogens (tertiary/aromatic N) is 3. The first-order valence-corrected chi connectivity index (χ1v) is 9.35. The van der Waals surface area contributed by atoms with Gasteiger partial charge in [-0.2, -0.15) is 0 Å². The van der Waals surface area contributed by atoms with Gasteiger partial charge in [0.2, 0.25) is 0 Å². The summed E-state index contributed by atoms with van der Waals surface area (Å²) in [6, 6.07) is 17.0. The van der Waals surface area contributed by atoms with E-state index < -0.39 is 0 Å². The molecule has 1 aliphatic rings. The van der Waals surface area contributed by atoms with E-state index in [-0.39, 0.29) is 6.04 Å². The molecule has 3 aromatic rings. The summed E-state index contributed by atoms with van der Waals surface area (Å²) in [4.78, 5) is 7.58. The van der Waals surface area contributed by atoms with Crippen LogP contribution in [0.2, 0.25) is 0 Å². The number of imidazole rings is 1. The van der Waals surface area contributed by atoms with Gasteiger partial charge >= 0.3 is 0 Å². The summed E-state index contributed by atoms with van der Waals surface area (Å²) in [6.45, 7) is 7.17. The summed E-state index contributed by atoms with van der Waals surface area (Å²) < 4.78 is 7.70. The number of hydrogen-bond acceptors (Lipinski definition) is 4. The van der Waals surface area contributed by atoms with E-state index in [1.165, 1.54) is 11.1 Å². The van der Waals surface area contributed by atoms with E-state index in [1.54, 1.807) is 7.11 Å². The van der Waals surface area contributed by atoms with E-state index in [4.69, 9.17) is 9.72 Å². The number of methoxy groups -OCH3 is 1. The first-order valence-electron chi connectivity index (χ1n) is 9.35. The van der Waals surface area contributed by atoms with Crippen LogP contribution in [-0.2, 0) is 6.54 Å². The highest BCUT2D eigenvalue weighted by molar-refractivity contribution is 5.76. The van der Waals surface area contributed by atoms with E-state index in [2.05, 4.69) is 58.1 Å². The predicted octanol–water partition coefficient (Wildman–Crippen LogP) is 3.06. The zero-order valence-electron chi connectivity index (χ0n) is 15.5. The number of aromatic nitrogens is 2. The average molecular weight is 350 g/mol. The maximum absolute atomic E-state index is 5.35. The molecule has 4 rings (SSSR count). The quantitative estimate of drug-likeness (QED) is 0.768. The summed E-state index contributed by atoms with van der Waals surface area (Å²) in [5.41, 5.74) is 3.54. The number of piperazine rings is 1. The van der Waals surface area contributed by atoms with Gasteiger partial charge in [-0.1, -0.05) is 24.3 Å².